The van der Waals surface area contributed by atoms with Crippen LogP contribution >= 0.6 is 11.6 Å². The summed E-state index contributed by atoms with van der Waals surface area (Å²) in [4.78, 5) is 0. The third-order valence-electron chi connectivity index (χ3n) is 3.24. The van der Waals surface area contributed by atoms with E-state index < -0.39 is 0 Å². The third kappa shape index (κ3) is 3.30. The van der Waals surface area contributed by atoms with Crippen molar-refractivity contribution in [3.05, 3.63) is 63.9 Å². The predicted molar refractivity (Wildman–Crippen MR) is 79.8 cm³/mol. The number of aryl methyl sites for hydroxylation is 1. The van der Waals surface area contributed by atoms with Crippen LogP contribution in [0.1, 0.15) is 22.7 Å². The molecule has 2 aromatic carbocycles. The van der Waals surface area contributed by atoms with Crippen molar-refractivity contribution in [3.63, 3.8) is 0 Å². The molecule has 0 heterocycles. The molecule has 1 unspecified atom stereocenters. The van der Waals surface area contributed by atoms with Crippen LogP contribution in [0.4, 0.5) is 4.39 Å². The predicted octanol–water partition coefficient (Wildman–Crippen LogP) is 4.04. The van der Waals surface area contributed by atoms with E-state index in [1.807, 2.05) is 25.1 Å². The van der Waals surface area contributed by atoms with Crippen LogP contribution in [0, 0.1) is 12.7 Å². The van der Waals surface area contributed by atoms with Crippen molar-refractivity contribution in [2.45, 2.75) is 19.4 Å². The van der Waals surface area contributed by atoms with Crippen LogP contribution in [-0.4, -0.2) is 7.11 Å². The monoisotopic (exact) mass is 293 g/mol. The summed E-state index contributed by atoms with van der Waals surface area (Å²) in [5.74, 6) is 0.404. The molecule has 0 aliphatic rings. The zero-order valence-corrected chi connectivity index (χ0v) is 12.2. The standard InChI is InChI=1S/C16H17ClFNO/c1-10-3-6-16(20-2)13(7-10)15(19)8-11-4-5-12(18)9-14(11)17/h3-7,9,15H,8,19H2,1-2H3. The first-order valence-corrected chi connectivity index (χ1v) is 6.73. The molecule has 0 spiro atoms. The van der Waals surface area contributed by atoms with Crippen LogP contribution in [0.15, 0.2) is 36.4 Å². The summed E-state index contributed by atoms with van der Waals surface area (Å²) in [6.45, 7) is 2.00. The molecule has 0 aliphatic carbocycles. The maximum atomic E-state index is 13.0. The van der Waals surface area contributed by atoms with Gasteiger partial charge in [0.1, 0.15) is 11.6 Å². The Morgan fingerprint density at radius 3 is 2.65 bits per heavy atom. The van der Waals surface area contributed by atoms with Crippen LogP contribution in [0.3, 0.4) is 0 Å². The lowest BCUT2D eigenvalue weighted by Crippen LogP contribution is -2.15. The lowest BCUT2D eigenvalue weighted by atomic mass is 9.97. The van der Waals surface area contributed by atoms with Crippen molar-refractivity contribution in [3.8, 4) is 5.75 Å². The molecule has 0 fully saturated rings. The van der Waals surface area contributed by atoms with Gasteiger partial charge in [-0.1, -0.05) is 35.4 Å². The molecule has 0 saturated heterocycles. The molecule has 1 atom stereocenters. The number of hydrogen-bond donors (Lipinski definition) is 1. The van der Waals surface area contributed by atoms with Gasteiger partial charge < -0.3 is 10.5 Å². The third-order valence-corrected chi connectivity index (χ3v) is 3.59. The summed E-state index contributed by atoms with van der Waals surface area (Å²) in [6.07, 6.45) is 0.527. The Labute approximate surface area is 123 Å². The Kier molecular flexibility index (Phi) is 4.63. The molecule has 2 N–H and O–H groups in total. The summed E-state index contributed by atoms with van der Waals surface area (Å²) in [5, 5.41) is 0.395. The van der Waals surface area contributed by atoms with Gasteiger partial charge in [-0.05, 0) is 37.1 Å². The second kappa shape index (κ2) is 6.25. The molecular formula is C16H17ClFNO. The van der Waals surface area contributed by atoms with Gasteiger partial charge in [0, 0.05) is 16.6 Å². The smallest absolute Gasteiger partial charge is 0.124 e. The summed E-state index contributed by atoms with van der Waals surface area (Å²) in [7, 11) is 1.62. The second-order valence-electron chi connectivity index (χ2n) is 4.79. The summed E-state index contributed by atoms with van der Waals surface area (Å²) >= 11 is 6.04. The van der Waals surface area contributed by atoms with Crippen LogP contribution in [0.5, 0.6) is 5.75 Å². The number of methoxy groups -OCH3 is 1. The highest BCUT2D eigenvalue weighted by atomic mass is 35.5. The van der Waals surface area contributed by atoms with Crippen molar-refractivity contribution in [1.29, 1.82) is 0 Å². The average Bonchev–Trinajstić information content (AvgIpc) is 2.41. The van der Waals surface area contributed by atoms with E-state index in [2.05, 4.69) is 0 Å². The summed E-state index contributed by atoms with van der Waals surface area (Å²) in [5.41, 5.74) is 9.11. The average molecular weight is 294 g/mol. The van der Waals surface area contributed by atoms with Crippen molar-refractivity contribution in [1.82, 2.24) is 0 Å². The summed E-state index contributed by atoms with van der Waals surface area (Å²) < 4.78 is 18.4. The van der Waals surface area contributed by atoms with Gasteiger partial charge in [-0.3, -0.25) is 0 Å². The molecule has 0 aliphatic heterocycles. The number of hydrogen-bond acceptors (Lipinski definition) is 2. The van der Waals surface area contributed by atoms with Crippen LogP contribution < -0.4 is 10.5 Å². The maximum Gasteiger partial charge on any atom is 0.124 e. The molecule has 2 rings (SSSR count). The molecule has 0 aromatic heterocycles. The van der Waals surface area contributed by atoms with Crippen molar-refractivity contribution in [2.24, 2.45) is 5.73 Å². The molecule has 0 amide bonds. The fraction of sp³-hybridized carbons (Fsp3) is 0.250. The van der Waals surface area contributed by atoms with Gasteiger partial charge in [-0.15, -0.1) is 0 Å². The SMILES string of the molecule is COc1ccc(C)cc1C(N)Cc1ccc(F)cc1Cl. The molecule has 0 saturated carbocycles. The molecule has 20 heavy (non-hydrogen) atoms. The first kappa shape index (κ1) is 14.8. The fourth-order valence-corrected chi connectivity index (χ4v) is 2.42. The van der Waals surface area contributed by atoms with E-state index in [4.69, 9.17) is 22.1 Å². The number of halogens is 2. The minimum absolute atomic E-state index is 0.257. The fourth-order valence-electron chi connectivity index (χ4n) is 2.18. The van der Waals surface area contributed by atoms with E-state index in [0.29, 0.717) is 11.4 Å². The van der Waals surface area contributed by atoms with E-state index in [0.717, 1.165) is 22.4 Å². The van der Waals surface area contributed by atoms with Crippen LogP contribution in [0.2, 0.25) is 5.02 Å². The van der Waals surface area contributed by atoms with Gasteiger partial charge in [-0.2, -0.15) is 0 Å². The normalized spacial score (nSPS) is 12.2. The zero-order chi connectivity index (χ0) is 14.7. The maximum absolute atomic E-state index is 13.0. The highest BCUT2D eigenvalue weighted by molar-refractivity contribution is 6.31. The van der Waals surface area contributed by atoms with E-state index in [-0.39, 0.29) is 11.9 Å². The Bertz CT molecular complexity index is 615. The number of nitrogens with two attached hydrogens (primary N) is 1. The minimum Gasteiger partial charge on any atom is -0.496 e. The van der Waals surface area contributed by atoms with Gasteiger partial charge in [0.05, 0.1) is 7.11 Å². The van der Waals surface area contributed by atoms with E-state index in [9.17, 15) is 4.39 Å². The number of ether oxygens (including phenoxy) is 1. The van der Waals surface area contributed by atoms with Gasteiger partial charge in [0.25, 0.3) is 0 Å². The first-order valence-electron chi connectivity index (χ1n) is 6.35. The Balaban J connectivity index is 2.27. The van der Waals surface area contributed by atoms with Crippen LogP contribution in [-0.2, 0) is 6.42 Å². The molecule has 4 heteroatoms. The van der Waals surface area contributed by atoms with Gasteiger partial charge in [0.2, 0.25) is 0 Å². The zero-order valence-electron chi connectivity index (χ0n) is 11.5. The van der Waals surface area contributed by atoms with Crippen molar-refractivity contribution < 1.29 is 9.13 Å². The van der Waals surface area contributed by atoms with Gasteiger partial charge >= 0.3 is 0 Å². The molecule has 0 bridgehead atoms. The lowest BCUT2D eigenvalue weighted by Gasteiger charge is -2.17. The lowest BCUT2D eigenvalue weighted by molar-refractivity contribution is 0.405. The largest absolute Gasteiger partial charge is 0.496 e. The quantitative estimate of drug-likeness (QED) is 0.923. The first-order chi connectivity index (χ1) is 9.51. The molecular weight excluding hydrogens is 277 g/mol. The van der Waals surface area contributed by atoms with E-state index in [1.54, 1.807) is 13.2 Å². The second-order valence-corrected chi connectivity index (χ2v) is 5.20. The van der Waals surface area contributed by atoms with Gasteiger partial charge in [-0.25, -0.2) is 4.39 Å². The highest BCUT2D eigenvalue weighted by Crippen LogP contribution is 2.29. The van der Waals surface area contributed by atoms with E-state index in [1.165, 1.54) is 12.1 Å². The Morgan fingerprint density at radius 2 is 2.00 bits per heavy atom. The molecule has 106 valence electrons. The van der Waals surface area contributed by atoms with Gasteiger partial charge in [0.15, 0.2) is 0 Å². The van der Waals surface area contributed by atoms with E-state index >= 15 is 0 Å². The van der Waals surface area contributed by atoms with Crippen molar-refractivity contribution in [2.75, 3.05) is 7.11 Å². The molecule has 0 radical (unpaired) electrons. The Morgan fingerprint density at radius 1 is 1.25 bits per heavy atom. The molecule has 2 nitrogen and oxygen atoms in total. The number of rotatable bonds is 4. The Hall–Kier alpha value is -1.58. The topological polar surface area (TPSA) is 35.2 Å². The minimum atomic E-state index is -0.347. The molecule has 2 aromatic rings. The van der Waals surface area contributed by atoms with Crippen molar-refractivity contribution >= 4 is 11.6 Å². The summed E-state index contributed by atoms with van der Waals surface area (Å²) in [6, 6.07) is 9.98. The highest BCUT2D eigenvalue weighted by Gasteiger charge is 2.14. The van der Waals surface area contributed by atoms with Crippen LogP contribution in [0.25, 0.3) is 0 Å². The number of benzene rings is 2.